The summed E-state index contributed by atoms with van der Waals surface area (Å²) in [6.45, 7) is 6.41. The molecule has 3 atom stereocenters. The minimum absolute atomic E-state index is 0.0816. The van der Waals surface area contributed by atoms with Crippen LogP contribution in [0.15, 0.2) is 18.2 Å². The van der Waals surface area contributed by atoms with Gasteiger partial charge in [0.15, 0.2) is 0 Å². The number of benzene rings is 1. The van der Waals surface area contributed by atoms with Gasteiger partial charge in [0.1, 0.15) is 0 Å². The van der Waals surface area contributed by atoms with Crippen LogP contribution in [-0.2, 0) is 0 Å². The number of fused-ring (bicyclic) bond motifs is 1. The quantitative estimate of drug-likeness (QED) is 0.687. The van der Waals surface area contributed by atoms with Gasteiger partial charge in [0.25, 0.3) is 5.91 Å². The second kappa shape index (κ2) is 6.03. The molecule has 1 aliphatic heterocycles. The van der Waals surface area contributed by atoms with E-state index in [4.69, 9.17) is 5.11 Å². The fraction of sp³-hybridized carbons (Fsp3) is 0.467. The molecule has 0 unspecified atom stereocenters. The smallest absolute Gasteiger partial charge is 0.405 e. The van der Waals surface area contributed by atoms with Gasteiger partial charge < -0.3 is 21.1 Å². The topological polar surface area (TPSA) is 90.5 Å². The normalized spacial score (nSPS) is 23.7. The first-order valence-electron chi connectivity index (χ1n) is 7.12. The van der Waals surface area contributed by atoms with E-state index in [1.54, 1.807) is 12.1 Å². The van der Waals surface area contributed by atoms with Crippen LogP contribution in [-0.4, -0.2) is 29.7 Å². The van der Waals surface area contributed by atoms with Gasteiger partial charge in [0, 0.05) is 29.8 Å². The Morgan fingerprint density at radius 1 is 1.33 bits per heavy atom. The average Bonchev–Trinajstić information content (AvgIpc) is 2.43. The van der Waals surface area contributed by atoms with Crippen molar-refractivity contribution < 1.29 is 14.7 Å². The molecule has 6 nitrogen and oxygen atoms in total. The third kappa shape index (κ3) is 3.09. The van der Waals surface area contributed by atoms with E-state index in [-0.39, 0.29) is 23.9 Å². The first kappa shape index (κ1) is 15.2. The molecule has 1 aromatic carbocycles. The molecule has 0 radical (unpaired) electrons. The maximum atomic E-state index is 11.9. The lowest BCUT2D eigenvalue weighted by Crippen LogP contribution is -2.42. The lowest BCUT2D eigenvalue weighted by Gasteiger charge is -2.37. The predicted octanol–water partition coefficient (Wildman–Crippen LogP) is 2.20. The molecule has 0 saturated carbocycles. The van der Waals surface area contributed by atoms with E-state index < -0.39 is 6.09 Å². The Balaban J connectivity index is 2.40. The van der Waals surface area contributed by atoms with Crippen LogP contribution in [0.4, 0.5) is 10.5 Å². The summed E-state index contributed by atoms with van der Waals surface area (Å²) >= 11 is 0. The summed E-state index contributed by atoms with van der Waals surface area (Å²) in [5.41, 5.74) is 2.22. The summed E-state index contributed by atoms with van der Waals surface area (Å²) in [4.78, 5) is 23.0. The summed E-state index contributed by atoms with van der Waals surface area (Å²) in [5, 5.41) is 17.7. The third-order valence-corrected chi connectivity index (χ3v) is 3.96. The van der Waals surface area contributed by atoms with E-state index in [9.17, 15) is 9.59 Å². The summed E-state index contributed by atoms with van der Waals surface area (Å²) in [5.74, 6) is -0.0706. The highest BCUT2D eigenvalue weighted by molar-refractivity contribution is 5.95. The number of hydrogen-bond donors (Lipinski definition) is 4. The average molecular weight is 291 g/mol. The van der Waals surface area contributed by atoms with Crippen LogP contribution < -0.4 is 16.0 Å². The molecule has 21 heavy (non-hydrogen) atoms. The van der Waals surface area contributed by atoms with Crippen molar-refractivity contribution in [2.24, 2.45) is 5.92 Å². The molecule has 1 heterocycles. The molecule has 0 bridgehead atoms. The van der Waals surface area contributed by atoms with Crippen molar-refractivity contribution in [2.45, 2.75) is 32.9 Å². The van der Waals surface area contributed by atoms with E-state index in [1.165, 1.54) is 0 Å². The zero-order valence-corrected chi connectivity index (χ0v) is 12.4. The summed E-state index contributed by atoms with van der Waals surface area (Å²) < 4.78 is 0. The molecule has 4 N–H and O–H groups in total. The number of hydrogen-bond acceptors (Lipinski definition) is 3. The highest BCUT2D eigenvalue weighted by Crippen LogP contribution is 2.37. The van der Waals surface area contributed by atoms with Crippen LogP contribution >= 0.6 is 0 Å². The van der Waals surface area contributed by atoms with Crippen molar-refractivity contribution in [2.75, 3.05) is 11.9 Å². The Kier molecular flexibility index (Phi) is 4.35. The minimum Gasteiger partial charge on any atom is -0.465 e. The fourth-order valence-electron chi connectivity index (χ4n) is 2.65. The largest absolute Gasteiger partial charge is 0.465 e. The van der Waals surface area contributed by atoms with Crippen LogP contribution in [0.2, 0.25) is 0 Å². The maximum Gasteiger partial charge on any atom is 0.405 e. The zero-order chi connectivity index (χ0) is 15.6. The number of nitrogens with one attached hydrogen (secondary N) is 3. The van der Waals surface area contributed by atoms with E-state index in [0.29, 0.717) is 12.1 Å². The van der Waals surface area contributed by atoms with Crippen molar-refractivity contribution in [3.8, 4) is 0 Å². The van der Waals surface area contributed by atoms with Gasteiger partial charge in [0.2, 0.25) is 0 Å². The lowest BCUT2D eigenvalue weighted by molar-refractivity contribution is 0.0955. The molecule has 0 spiro atoms. The van der Waals surface area contributed by atoms with E-state index in [1.807, 2.05) is 26.8 Å². The monoisotopic (exact) mass is 291 g/mol. The van der Waals surface area contributed by atoms with Gasteiger partial charge >= 0.3 is 6.09 Å². The molecule has 0 saturated heterocycles. The van der Waals surface area contributed by atoms with Gasteiger partial charge in [-0.1, -0.05) is 6.92 Å². The third-order valence-electron chi connectivity index (χ3n) is 3.96. The van der Waals surface area contributed by atoms with Crippen molar-refractivity contribution in [1.82, 2.24) is 10.6 Å². The molecule has 2 amide bonds. The van der Waals surface area contributed by atoms with Crippen LogP contribution in [0.5, 0.6) is 0 Å². The Bertz CT molecular complexity index is 559. The van der Waals surface area contributed by atoms with Crippen molar-refractivity contribution >= 4 is 17.7 Å². The summed E-state index contributed by atoms with van der Waals surface area (Å²) in [7, 11) is 0. The minimum atomic E-state index is -1.06. The van der Waals surface area contributed by atoms with Gasteiger partial charge in [-0.25, -0.2) is 4.79 Å². The molecule has 0 fully saturated rings. The van der Waals surface area contributed by atoms with Crippen LogP contribution in [0.25, 0.3) is 0 Å². The first-order chi connectivity index (χ1) is 9.93. The molecule has 0 aliphatic carbocycles. The Hall–Kier alpha value is -2.24. The standard InChI is InChI=1S/C15H21N3O3/c1-4-16-14(19)10-5-6-12-11(7-10)13(18-15(20)21)8(2)9(3)17-12/h5-9,13,17-18H,4H2,1-3H3,(H,16,19)(H,20,21)/t8-,9-,13+/m0/s1. The zero-order valence-electron chi connectivity index (χ0n) is 12.4. The fourth-order valence-corrected chi connectivity index (χ4v) is 2.65. The van der Waals surface area contributed by atoms with Crippen LogP contribution in [0.1, 0.15) is 42.7 Å². The summed E-state index contributed by atoms with van der Waals surface area (Å²) in [6.07, 6.45) is -1.06. The number of rotatable bonds is 3. The highest BCUT2D eigenvalue weighted by atomic mass is 16.4. The molecule has 114 valence electrons. The van der Waals surface area contributed by atoms with Gasteiger partial charge in [-0.2, -0.15) is 0 Å². The SMILES string of the molecule is CCNC(=O)c1ccc2c(c1)[C@H](NC(=O)O)[C@@H](C)[C@H](C)N2. The van der Waals surface area contributed by atoms with E-state index in [2.05, 4.69) is 16.0 Å². The summed E-state index contributed by atoms with van der Waals surface area (Å²) in [6, 6.07) is 5.15. The van der Waals surface area contributed by atoms with Gasteiger partial charge in [-0.3, -0.25) is 4.79 Å². The molecule has 1 aromatic rings. The van der Waals surface area contributed by atoms with Gasteiger partial charge in [0.05, 0.1) is 6.04 Å². The van der Waals surface area contributed by atoms with Crippen molar-refractivity contribution in [3.63, 3.8) is 0 Å². The van der Waals surface area contributed by atoms with E-state index in [0.717, 1.165) is 11.3 Å². The van der Waals surface area contributed by atoms with Crippen LogP contribution in [0.3, 0.4) is 0 Å². The maximum absolute atomic E-state index is 11.9. The second-order valence-corrected chi connectivity index (χ2v) is 5.38. The molecule has 2 rings (SSSR count). The number of carbonyl (C=O) groups is 2. The van der Waals surface area contributed by atoms with Crippen molar-refractivity contribution in [1.29, 1.82) is 0 Å². The Labute approximate surface area is 123 Å². The number of carboxylic acid groups (broad SMARTS) is 1. The Morgan fingerprint density at radius 3 is 2.67 bits per heavy atom. The van der Waals surface area contributed by atoms with Gasteiger partial charge in [-0.15, -0.1) is 0 Å². The lowest BCUT2D eigenvalue weighted by atomic mass is 9.84. The van der Waals surface area contributed by atoms with Gasteiger partial charge in [-0.05, 0) is 37.6 Å². The Morgan fingerprint density at radius 2 is 2.05 bits per heavy atom. The molecular formula is C15H21N3O3. The second-order valence-electron chi connectivity index (χ2n) is 5.38. The number of amides is 2. The number of carbonyl (C=O) groups excluding carboxylic acids is 1. The number of anilines is 1. The van der Waals surface area contributed by atoms with Crippen molar-refractivity contribution in [3.05, 3.63) is 29.3 Å². The first-order valence-corrected chi connectivity index (χ1v) is 7.12. The van der Waals surface area contributed by atoms with E-state index >= 15 is 0 Å². The molecule has 0 aromatic heterocycles. The predicted molar refractivity (Wildman–Crippen MR) is 80.6 cm³/mol. The molecule has 6 heteroatoms. The molecular weight excluding hydrogens is 270 g/mol. The van der Waals surface area contributed by atoms with Crippen LogP contribution in [0, 0.1) is 5.92 Å². The molecule has 1 aliphatic rings. The highest BCUT2D eigenvalue weighted by Gasteiger charge is 2.32.